The summed E-state index contributed by atoms with van der Waals surface area (Å²) in [7, 11) is 0. The van der Waals surface area contributed by atoms with Crippen molar-refractivity contribution in [3.8, 4) is 0 Å². The first-order chi connectivity index (χ1) is 11.9. The number of nitrogens with one attached hydrogen (secondary N) is 1. The second-order valence-corrected chi connectivity index (χ2v) is 6.09. The minimum atomic E-state index is -0.942. The molecule has 1 aromatic carbocycles. The zero-order chi connectivity index (χ0) is 18.1. The van der Waals surface area contributed by atoms with Gasteiger partial charge in [-0.3, -0.25) is 29.4 Å². The van der Waals surface area contributed by atoms with Crippen LogP contribution in [-0.2, 0) is 19.2 Å². The van der Waals surface area contributed by atoms with Gasteiger partial charge in [-0.15, -0.1) is 0 Å². The first-order valence-electron chi connectivity index (χ1n) is 8.19. The molecule has 25 heavy (non-hydrogen) atoms. The van der Waals surface area contributed by atoms with Crippen molar-refractivity contribution in [3.05, 3.63) is 41.6 Å². The van der Waals surface area contributed by atoms with Crippen LogP contribution in [0.5, 0.6) is 0 Å². The van der Waals surface area contributed by atoms with Gasteiger partial charge in [0.25, 0.3) is 11.8 Å². The van der Waals surface area contributed by atoms with Crippen molar-refractivity contribution >= 4 is 29.3 Å². The molecule has 7 nitrogen and oxygen atoms in total. The molecule has 1 fully saturated rings. The number of hydrogen-bond acceptors (Lipinski definition) is 5. The van der Waals surface area contributed by atoms with Crippen molar-refractivity contribution < 1.29 is 19.2 Å². The lowest BCUT2D eigenvalue weighted by atomic mass is 10.0. The van der Waals surface area contributed by atoms with Gasteiger partial charge in [0.05, 0.1) is 0 Å². The first kappa shape index (κ1) is 16.9. The van der Waals surface area contributed by atoms with Crippen LogP contribution in [0, 0.1) is 6.92 Å². The number of imide groups is 2. The van der Waals surface area contributed by atoms with E-state index in [1.54, 1.807) is 4.90 Å². The maximum atomic E-state index is 12.8. The van der Waals surface area contributed by atoms with Gasteiger partial charge in [-0.2, -0.15) is 0 Å². The Morgan fingerprint density at radius 2 is 2.00 bits per heavy atom. The molecule has 2 aliphatic heterocycles. The molecule has 4 amide bonds. The van der Waals surface area contributed by atoms with Crippen molar-refractivity contribution in [2.75, 3.05) is 11.4 Å². The van der Waals surface area contributed by atoms with Gasteiger partial charge in [0.1, 0.15) is 11.7 Å². The van der Waals surface area contributed by atoms with Crippen LogP contribution >= 0.6 is 0 Å². The van der Waals surface area contributed by atoms with Crippen molar-refractivity contribution in [2.24, 2.45) is 0 Å². The summed E-state index contributed by atoms with van der Waals surface area (Å²) < 4.78 is 0. The SMILES string of the molecule is CCN(C1=CC(=O)N(C2CCC(=O)NC2=O)C1=O)c1cccc(C)c1. The number of amides is 4. The summed E-state index contributed by atoms with van der Waals surface area (Å²) in [6.07, 6.45) is 1.52. The quantitative estimate of drug-likeness (QED) is 0.822. The summed E-state index contributed by atoms with van der Waals surface area (Å²) in [5.41, 5.74) is 2.08. The van der Waals surface area contributed by atoms with E-state index in [0.29, 0.717) is 6.54 Å². The topological polar surface area (TPSA) is 86.8 Å². The Bertz CT molecular complexity index is 799. The monoisotopic (exact) mass is 341 g/mol. The van der Waals surface area contributed by atoms with Crippen LogP contribution in [0.15, 0.2) is 36.0 Å². The highest BCUT2D eigenvalue weighted by Crippen LogP contribution is 2.27. The zero-order valence-corrected chi connectivity index (χ0v) is 14.1. The van der Waals surface area contributed by atoms with E-state index in [-0.39, 0.29) is 24.4 Å². The number of carbonyl (C=O) groups is 4. The van der Waals surface area contributed by atoms with Crippen molar-refractivity contribution in [3.63, 3.8) is 0 Å². The summed E-state index contributed by atoms with van der Waals surface area (Å²) in [4.78, 5) is 51.2. The van der Waals surface area contributed by atoms with Gasteiger partial charge in [-0.1, -0.05) is 12.1 Å². The van der Waals surface area contributed by atoms with Gasteiger partial charge in [0, 0.05) is 24.7 Å². The third-order valence-corrected chi connectivity index (χ3v) is 4.38. The Morgan fingerprint density at radius 3 is 2.64 bits per heavy atom. The molecule has 0 radical (unpaired) electrons. The Kier molecular flexibility index (Phi) is 4.39. The number of rotatable bonds is 4. The molecule has 0 aromatic heterocycles. The number of likely N-dealkylation sites (N-methyl/N-ethyl adjacent to an activating group) is 1. The second-order valence-electron chi connectivity index (χ2n) is 6.09. The Morgan fingerprint density at radius 1 is 1.24 bits per heavy atom. The second kappa shape index (κ2) is 6.51. The molecule has 1 saturated heterocycles. The van der Waals surface area contributed by atoms with E-state index in [0.717, 1.165) is 16.2 Å². The molecular weight excluding hydrogens is 322 g/mol. The Balaban J connectivity index is 1.88. The number of carbonyl (C=O) groups excluding carboxylic acids is 4. The molecule has 130 valence electrons. The van der Waals surface area contributed by atoms with Crippen LogP contribution < -0.4 is 10.2 Å². The van der Waals surface area contributed by atoms with Crippen molar-refractivity contribution in [1.82, 2.24) is 10.2 Å². The molecule has 0 saturated carbocycles. The predicted octanol–water partition coefficient (Wildman–Crippen LogP) is 0.879. The van der Waals surface area contributed by atoms with E-state index < -0.39 is 23.8 Å². The fraction of sp³-hybridized carbons (Fsp3) is 0.333. The Labute approximate surface area is 145 Å². The molecule has 0 bridgehead atoms. The van der Waals surface area contributed by atoms with Crippen LogP contribution in [0.4, 0.5) is 5.69 Å². The molecule has 1 unspecified atom stereocenters. The lowest BCUT2D eigenvalue weighted by Crippen LogP contribution is -2.55. The van der Waals surface area contributed by atoms with Crippen LogP contribution in [0.1, 0.15) is 25.3 Å². The van der Waals surface area contributed by atoms with Gasteiger partial charge in [0.15, 0.2) is 0 Å². The maximum Gasteiger partial charge on any atom is 0.278 e. The van der Waals surface area contributed by atoms with Gasteiger partial charge in [0.2, 0.25) is 11.8 Å². The summed E-state index contributed by atoms with van der Waals surface area (Å²) >= 11 is 0. The van der Waals surface area contributed by atoms with Gasteiger partial charge in [-0.05, 0) is 38.0 Å². The first-order valence-corrected chi connectivity index (χ1v) is 8.19. The number of nitrogens with zero attached hydrogens (tertiary/aromatic N) is 2. The summed E-state index contributed by atoms with van der Waals surface area (Å²) in [5.74, 6) is -2.03. The minimum Gasteiger partial charge on any atom is -0.337 e. The number of benzene rings is 1. The summed E-state index contributed by atoms with van der Waals surface area (Å²) in [6.45, 7) is 4.33. The molecule has 2 heterocycles. The lowest BCUT2D eigenvalue weighted by molar-refractivity contribution is -0.149. The average molecular weight is 341 g/mol. The van der Waals surface area contributed by atoms with E-state index in [9.17, 15) is 19.2 Å². The van der Waals surface area contributed by atoms with E-state index in [4.69, 9.17) is 0 Å². The van der Waals surface area contributed by atoms with Crippen LogP contribution in [-0.4, -0.2) is 41.1 Å². The van der Waals surface area contributed by atoms with Gasteiger partial charge < -0.3 is 4.90 Å². The molecule has 7 heteroatoms. The van der Waals surface area contributed by atoms with E-state index in [1.165, 1.54) is 6.08 Å². The number of hydrogen-bond donors (Lipinski definition) is 1. The number of piperidine rings is 1. The summed E-state index contributed by atoms with van der Waals surface area (Å²) in [5, 5.41) is 2.18. The van der Waals surface area contributed by atoms with Gasteiger partial charge in [-0.25, -0.2) is 0 Å². The smallest absolute Gasteiger partial charge is 0.278 e. The normalized spacial score (nSPS) is 20.6. The average Bonchev–Trinajstić information content (AvgIpc) is 2.84. The third-order valence-electron chi connectivity index (χ3n) is 4.38. The molecular formula is C18H19N3O4. The highest BCUT2D eigenvalue weighted by atomic mass is 16.2. The Hall–Kier alpha value is -2.96. The minimum absolute atomic E-state index is 0.109. The highest BCUT2D eigenvalue weighted by molar-refractivity contribution is 6.20. The van der Waals surface area contributed by atoms with Crippen LogP contribution in [0.25, 0.3) is 0 Å². The molecule has 1 N–H and O–H groups in total. The summed E-state index contributed by atoms with van der Waals surface area (Å²) in [6, 6.07) is 6.68. The maximum absolute atomic E-state index is 12.8. The van der Waals surface area contributed by atoms with Crippen LogP contribution in [0.2, 0.25) is 0 Å². The van der Waals surface area contributed by atoms with E-state index >= 15 is 0 Å². The zero-order valence-electron chi connectivity index (χ0n) is 14.1. The van der Waals surface area contributed by atoms with Crippen molar-refractivity contribution in [2.45, 2.75) is 32.7 Å². The number of aryl methyl sites for hydroxylation is 1. The standard InChI is InChI=1S/C18H19N3O4/c1-3-20(12-6-4-5-11(2)9-12)14-10-16(23)21(18(14)25)13-7-8-15(22)19-17(13)24/h4-6,9-10,13H,3,7-8H2,1-2H3,(H,19,22,24). The molecule has 0 aliphatic carbocycles. The molecule has 3 rings (SSSR count). The molecule has 1 atom stereocenters. The fourth-order valence-corrected chi connectivity index (χ4v) is 3.18. The van der Waals surface area contributed by atoms with E-state index in [2.05, 4.69) is 5.32 Å². The van der Waals surface area contributed by atoms with Crippen LogP contribution in [0.3, 0.4) is 0 Å². The van der Waals surface area contributed by atoms with Crippen molar-refractivity contribution in [1.29, 1.82) is 0 Å². The fourth-order valence-electron chi connectivity index (χ4n) is 3.18. The van der Waals surface area contributed by atoms with E-state index in [1.807, 2.05) is 38.1 Å². The lowest BCUT2D eigenvalue weighted by Gasteiger charge is -2.30. The third kappa shape index (κ3) is 3.05. The van der Waals surface area contributed by atoms with Gasteiger partial charge >= 0.3 is 0 Å². The molecule has 0 spiro atoms. The molecule has 1 aromatic rings. The predicted molar refractivity (Wildman–Crippen MR) is 90.3 cm³/mol. The highest BCUT2D eigenvalue weighted by Gasteiger charge is 2.43. The number of anilines is 1. The molecule has 2 aliphatic rings. The largest absolute Gasteiger partial charge is 0.337 e.